The number of carbonyl (C=O) groups excluding carboxylic acids is 2. The van der Waals surface area contributed by atoms with Gasteiger partial charge in [-0.25, -0.2) is 9.78 Å². The molecule has 0 radical (unpaired) electrons. The molecular weight excluding hydrogens is 432 g/mol. The number of unbranched alkanes of at least 4 members (excludes halogenated alkanes) is 1. The molecule has 0 aliphatic heterocycles. The number of amides is 3. The van der Waals surface area contributed by atoms with Crippen LogP contribution in [0.25, 0.3) is 21.3 Å². The maximum atomic E-state index is 13.3. The number of rotatable bonds is 9. The van der Waals surface area contributed by atoms with E-state index >= 15 is 0 Å². The van der Waals surface area contributed by atoms with Gasteiger partial charge in [-0.3, -0.25) is 19.5 Å². The maximum Gasteiger partial charge on any atom is 0.321 e. The van der Waals surface area contributed by atoms with Crippen LogP contribution in [0, 0.1) is 0 Å². The van der Waals surface area contributed by atoms with E-state index in [2.05, 4.69) is 22.2 Å². The highest BCUT2D eigenvalue weighted by molar-refractivity contribution is 7.99. The Balaban J connectivity index is 1.82. The highest BCUT2D eigenvalue weighted by atomic mass is 32.2. The van der Waals surface area contributed by atoms with Gasteiger partial charge in [-0.2, -0.15) is 0 Å². The molecule has 0 unspecified atom stereocenters. The Morgan fingerprint density at radius 3 is 2.77 bits per heavy atom. The summed E-state index contributed by atoms with van der Waals surface area (Å²) in [5.74, 6) is -0.484. The molecule has 3 amide bonds. The van der Waals surface area contributed by atoms with Crippen LogP contribution in [0.4, 0.5) is 4.79 Å². The number of hydrogen-bond acceptors (Lipinski definition) is 6. The second-order valence-electron chi connectivity index (χ2n) is 6.74. The molecule has 31 heavy (non-hydrogen) atoms. The molecule has 0 saturated carbocycles. The molecule has 162 valence electrons. The van der Waals surface area contributed by atoms with Crippen LogP contribution in [0.15, 0.2) is 58.3 Å². The van der Waals surface area contributed by atoms with Gasteiger partial charge in [0.2, 0.25) is 5.91 Å². The molecule has 1 aromatic carbocycles. The molecule has 2 N–H and O–H groups in total. The summed E-state index contributed by atoms with van der Waals surface area (Å²) in [6.45, 7) is 6.54. The van der Waals surface area contributed by atoms with Crippen molar-refractivity contribution >= 4 is 45.3 Å². The monoisotopic (exact) mass is 456 g/mol. The summed E-state index contributed by atoms with van der Waals surface area (Å²) >= 11 is 2.51. The average Bonchev–Trinajstić information content (AvgIpc) is 3.19. The van der Waals surface area contributed by atoms with E-state index in [-0.39, 0.29) is 17.9 Å². The SMILES string of the molecule is C=CCn1c(SCC(=O)NC(=O)NCCCC)nc2scc(-c3ccccc3)c2c1=O. The minimum Gasteiger partial charge on any atom is -0.338 e. The van der Waals surface area contributed by atoms with Gasteiger partial charge in [-0.05, 0) is 12.0 Å². The summed E-state index contributed by atoms with van der Waals surface area (Å²) in [4.78, 5) is 42.4. The Bertz CT molecular complexity index is 1140. The Labute approximate surface area is 188 Å². The molecule has 0 bridgehead atoms. The standard InChI is InChI=1S/C22H24N4O3S2/c1-3-5-11-23-21(29)24-17(27)14-31-22-25-19-18(20(28)26(22)12-4-2)16(13-30-19)15-9-7-6-8-10-15/h4,6-10,13H,2-3,5,11-12,14H2,1H3,(H2,23,24,27,29). The second-order valence-corrected chi connectivity index (χ2v) is 8.54. The third-order valence-corrected chi connectivity index (χ3v) is 6.31. The molecule has 0 aliphatic rings. The molecule has 0 aliphatic carbocycles. The van der Waals surface area contributed by atoms with Crippen LogP contribution in [0.1, 0.15) is 19.8 Å². The molecule has 2 aromatic heterocycles. The number of nitrogens with zero attached hydrogens (tertiary/aromatic N) is 2. The van der Waals surface area contributed by atoms with Gasteiger partial charge < -0.3 is 5.32 Å². The van der Waals surface area contributed by atoms with E-state index in [0.29, 0.717) is 21.9 Å². The van der Waals surface area contributed by atoms with E-state index in [1.54, 1.807) is 6.08 Å². The van der Waals surface area contributed by atoms with Crippen molar-refractivity contribution in [1.29, 1.82) is 0 Å². The molecular formula is C22H24N4O3S2. The van der Waals surface area contributed by atoms with Gasteiger partial charge in [0.05, 0.1) is 11.1 Å². The number of allylic oxidation sites excluding steroid dienone is 1. The first-order valence-electron chi connectivity index (χ1n) is 9.94. The topological polar surface area (TPSA) is 93.1 Å². The largest absolute Gasteiger partial charge is 0.338 e. The van der Waals surface area contributed by atoms with Crippen LogP contribution < -0.4 is 16.2 Å². The van der Waals surface area contributed by atoms with Gasteiger partial charge in [0, 0.05) is 24.0 Å². The molecule has 3 aromatic rings. The first kappa shape index (κ1) is 22.8. The minimum atomic E-state index is -0.517. The van der Waals surface area contributed by atoms with Crippen LogP contribution in [-0.4, -0.2) is 33.8 Å². The molecule has 0 spiro atoms. The van der Waals surface area contributed by atoms with Crippen LogP contribution in [0.5, 0.6) is 0 Å². The zero-order valence-electron chi connectivity index (χ0n) is 17.2. The number of nitrogens with one attached hydrogen (secondary N) is 2. The number of thiophene rings is 1. The summed E-state index contributed by atoms with van der Waals surface area (Å²) < 4.78 is 1.51. The Kier molecular flexibility index (Phi) is 8.02. The maximum absolute atomic E-state index is 13.3. The first-order chi connectivity index (χ1) is 15.0. The van der Waals surface area contributed by atoms with E-state index in [0.717, 1.165) is 35.7 Å². The highest BCUT2D eigenvalue weighted by Crippen LogP contribution is 2.32. The molecule has 0 atom stereocenters. The van der Waals surface area contributed by atoms with Crippen molar-refractivity contribution in [1.82, 2.24) is 20.2 Å². The van der Waals surface area contributed by atoms with Gasteiger partial charge in [0.15, 0.2) is 5.16 Å². The van der Waals surface area contributed by atoms with Crippen LogP contribution in [0.3, 0.4) is 0 Å². The molecule has 3 rings (SSSR count). The number of thioether (sulfide) groups is 1. The highest BCUT2D eigenvalue weighted by Gasteiger charge is 2.18. The molecule has 7 nitrogen and oxygen atoms in total. The van der Waals surface area contributed by atoms with Crippen LogP contribution in [0.2, 0.25) is 0 Å². The van der Waals surface area contributed by atoms with Crippen LogP contribution >= 0.6 is 23.1 Å². The number of benzene rings is 1. The van der Waals surface area contributed by atoms with Crippen molar-refractivity contribution in [3.63, 3.8) is 0 Å². The van der Waals surface area contributed by atoms with E-state index in [1.165, 1.54) is 15.9 Å². The zero-order valence-corrected chi connectivity index (χ0v) is 18.9. The van der Waals surface area contributed by atoms with Crippen LogP contribution in [-0.2, 0) is 11.3 Å². The van der Waals surface area contributed by atoms with Crippen molar-refractivity contribution in [3.8, 4) is 11.1 Å². The fourth-order valence-corrected chi connectivity index (χ4v) is 4.75. The molecule has 2 heterocycles. The van der Waals surface area contributed by atoms with Gasteiger partial charge in [-0.15, -0.1) is 17.9 Å². The quantitative estimate of drug-likeness (QED) is 0.219. The number of imide groups is 1. The predicted molar refractivity (Wildman–Crippen MR) is 127 cm³/mol. The van der Waals surface area contributed by atoms with Gasteiger partial charge in [0.1, 0.15) is 4.83 Å². The number of urea groups is 1. The van der Waals surface area contributed by atoms with E-state index < -0.39 is 11.9 Å². The van der Waals surface area contributed by atoms with E-state index in [9.17, 15) is 14.4 Å². The third-order valence-electron chi connectivity index (χ3n) is 4.46. The molecule has 9 heteroatoms. The van der Waals surface area contributed by atoms with E-state index in [1.807, 2.05) is 42.6 Å². The number of aromatic nitrogens is 2. The minimum absolute atomic E-state index is 0.0345. The molecule has 0 fully saturated rings. The summed E-state index contributed by atoms with van der Waals surface area (Å²) in [6.07, 6.45) is 3.42. The second kappa shape index (κ2) is 10.9. The zero-order chi connectivity index (χ0) is 22.2. The first-order valence-corrected chi connectivity index (χ1v) is 11.8. The Morgan fingerprint density at radius 1 is 1.29 bits per heavy atom. The van der Waals surface area contributed by atoms with Crippen molar-refractivity contribution in [2.75, 3.05) is 12.3 Å². The summed E-state index contributed by atoms with van der Waals surface area (Å²) in [5, 5.41) is 7.83. The van der Waals surface area contributed by atoms with Crippen molar-refractivity contribution in [2.45, 2.75) is 31.5 Å². The third kappa shape index (κ3) is 5.62. The Morgan fingerprint density at radius 2 is 2.06 bits per heavy atom. The number of fused-ring (bicyclic) bond motifs is 1. The lowest BCUT2D eigenvalue weighted by Crippen LogP contribution is -2.40. The normalized spacial score (nSPS) is 10.7. The van der Waals surface area contributed by atoms with Crippen molar-refractivity contribution in [3.05, 3.63) is 58.7 Å². The van der Waals surface area contributed by atoms with Gasteiger partial charge in [0.25, 0.3) is 5.56 Å². The van der Waals surface area contributed by atoms with Crippen molar-refractivity contribution in [2.24, 2.45) is 0 Å². The van der Waals surface area contributed by atoms with Crippen molar-refractivity contribution < 1.29 is 9.59 Å². The lowest BCUT2D eigenvalue weighted by molar-refractivity contribution is -0.117. The lowest BCUT2D eigenvalue weighted by Gasteiger charge is -2.11. The smallest absolute Gasteiger partial charge is 0.321 e. The average molecular weight is 457 g/mol. The van der Waals surface area contributed by atoms with E-state index in [4.69, 9.17) is 0 Å². The fraction of sp³-hybridized carbons (Fsp3) is 0.273. The predicted octanol–water partition coefficient (Wildman–Crippen LogP) is 4.03. The number of carbonyl (C=O) groups is 2. The summed E-state index contributed by atoms with van der Waals surface area (Å²) in [6, 6.07) is 9.17. The summed E-state index contributed by atoms with van der Waals surface area (Å²) in [7, 11) is 0. The fourth-order valence-electron chi connectivity index (χ4n) is 2.95. The number of hydrogen-bond donors (Lipinski definition) is 2. The van der Waals surface area contributed by atoms with Gasteiger partial charge in [-0.1, -0.05) is 61.5 Å². The Hall–Kier alpha value is -2.91. The lowest BCUT2D eigenvalue weighted by atomic mass is 10.1. The molecule has 0 saturated heterocycles. The summed E-state index contributed by atoms with van der Waals surface area (Å²) in [5.41, 5.74) is 1.62. The van der Waals surface area contributed by atoms with Gasteiger partial charge >= 0.3 is 6.03 Å².